The molecular weight excluding hydrogens is 102 g/mol. The van der Waals surface area contributed by atoms with Crippen LogP contribution in [0.1, 0.15) is 19.3 Å². The van der Waals surface area contributed by atoms with E-state index in [1.54, 1.807) is 0 Å². The zero-order valence-electron chi connectivity index (χ0n) is 4.94. The predicted octanol–water partition coefficient (Wildman–Crippen LogP) is 0.486. The summed E-state index contributed by atoms with van der Waals surface area (Å²) in [4.78, 5) is 0. The second-order valence-corrected chi connectivity index (χ2v) is 2.62. The predicted molar refractivity (Wildman–Crippen MR) is 30.5 cm³/mol. The summed E-state index contributed by atoms with van der Waals surface area (Å²) in [7, 11) is 0. The Labute approximate surface area is 49.2 Å². The van der Waals surface area contributed by atoms with Crippen LogP contribution in [0, 0.1) is 0 Å². The lowest BCUT2D eigenvalue weighted by Gasteiger charge is -2.38. The summed E-state index contributed by atoms with van der Waals surface area (Å²) in [6.07, 6.45) is 3.75. The normalized spacial score (nSPS) is 45.0. The molecule has 0 aromatic carbocycles. The van der Waals surface area contributed by atoms with Crippen molar-refractivity contribution >= 4 is 0 Å². The molecule has 2 heteroatoms. The molecule has 1 spiro atoms. The third-order valence-electron chi connectivity index (χ3n) is 2.09. The lowest BCUT2D eigenvalue weighted by molar-refractivity contribution is -0.156. The van der Waals surface area contributed by atoms with E-state index in [2.05, 4.69) is 5.32 Å². The molecule has 0 amide bonds. The van der Waals surface area contributed by atoms with E-state index in [9.17, 15) is 0 Å². The van der Waals surface area contributed by atoms with Crippen LogP contribution < -0.4 is 5.32 Å². The molecule has 0 aromatic heterocycles. The monoisotopic (exact) mass is 113 g/mol. The lowest BCUT2D eigenvalue weighted by atomic mass is 10.0. The van der Waals surface area contributed by atoms with Crippen LogP contribution in [0.3, 0.4) is 0 Å². The molecule has 0 radical (unpaired) electrons. The highest BCUT2D eigenvalue weighted by Crippen LogP contribution is 2.31. The summed E-state index contributed by atoms with van der Waals surface area (Å²) in [6, 6.07) is 0. The minimum absolute atomic E-state index is 0.167. The van der Waals surface area contributed by atoms with Crippen LogP contribution in [0.2, 0.25) is 0 Å². The van der Waals surface area contributed by atoms with Gasteiger partial charge in [0.05, 0.1) is 6.61 Å². The maximum Gasteiger partial charge on any atom is 0.121 e. The van der Waals surface area contributed by atoms with Crippen LogP contribution in [0.25, 0.3) is 0 Å². The molecule has 2 aliphatic rings. The van der Waals surface area contributed by atoms with Gasteiger partial charge < -0.3 is 4.74 Å². The Morgan fingerprint density at radius 2 is 2.25 bits per heavy atom. The van der Waals surface area contributed by atoms with E-state index in [1.165, 1.54) is 19.3 Å². The highest BCUT2D eigenvalue weighted by atomic mass is 16.5. The second-order valence-electron chi connectivity index (χ2n) is 2.62. The quantitative estimate of drug-likeness (QED) is 0.493. The van der Waals surface area contributed by atoms with Crippen LogP contribution in [0.15, 0.2) is 0 Å². The average Bonchev–Trinajstić information content (AvgIpc) is 2.07. The maximum absolute atomic E-state index is 5.37. The van der Waals surface area contributed by atoms with Crippen LogP contribution in [-0.2, 0) is 4.74 Å². The van der Waals surface area contributed by atoms with E-state index in [-0.39, 0.29) is 5.72 Å². The van der Waals surface area contributed by atoms with E-state index >= 15 is 0 Å². The van der Waals surface area contributed by atoms with Crippen molar-refractivity contribution in [3.05, 3.63) is 0 Å². The third kappa shape index (κ3) is 0.501. The van der Waals surface area contributed by atoms with Gasteiger partial charge in [-0.05, 0) is 19.4 Å². The van der Waals surface area contributed by atoms with Crippen LogP contribution in [0.4, 0.5) is 0 Å². The summed E-state index contributed by atoms with van der Waals surface area (Å²) in [5.41, 5.74) is 0.167. The molecule has 1 atom stereocenters. The van der Waals surface area contributed by atoms with Gasteiger partial charge >= 0.3 is 0 Å². The van der Waals surface area contributed by atoms with Crippen LogP contribution in [0.5, 0.6) is 0 Å². The number of ether oxygens (including phenoxy) is 1. The minimum Gasteiger partial charge on any atom is -0.360 e. The van der Waals surface area contributed by atoms with Gasteiger partial charge in [0.2, 0.25) is 0 Å². The molecule has 2 saturated heterocycles. The summed E-state index contributed by atoms with van der Waals surface area (Å²) >= 11 is 0. The van der Waals surface area contributed by atoms with Crippen LogP contribution >= 0.6 is 0 Å². The first-order valence-electron chi connectivity index (χ1n) is 3.30. The molecular formula is C6H11NO. The maximum atomic E-state index is 5.37. The summed E-state index contributed by atoms with van der Waals surface area (Å²) in [6.45, 7) is 2.12. The molecule has 46 valence electrons. The molecule has 8 heavy (non-hydrogen) atoms. The fourth-order valence-corrected chi connectivity index (χ4v) is 1.46. The fraction of sp³-hybridized carbons (Fsp3) is 1.00. The number of rotatable bonds is 0. The first kappa shape index (κ1) is 4.77. The Morgan fingerprint density at radius 1 is 1.38 bits per heavy atom. The molecule has 2 nitrogen and oxygen atoms in total. The topological polar surface area (TPSA) is 21.3 Å². The standard InChI is InChI=1S/C6H11NO/c1-2-6(7-4-1)3-5-8-6/h7H,1-5H2/t6-/m0/s1. The van der Waals surface area contributed by atoms with E-state index in [0.29, 0.717) is 0 Å². The largest absolute Gasteiger partial charge is 0.360 e. The van der Waals surface area contributed by atoms with Gasteiger partial charge in [-0.1, -0.05) is 0 Å². The van der Waals surface area contributed by atoms with E-state index in [0.717, 1.165) is 13.2 Å². The van der Waals surface area contributed by atoms with Gasteiger partial charge in [-0.25, -0.2) is 0 Å². The Balaban J connectivity index is 2.01. The zero-order chi connectivity index (χ0) is 5.45. The molecule has 0 saturated carbocycles. The summed E-state index contributed by atoms with van der Waals surface area (Å²) < 4.78 is 5.37. The van der Waals surface area contributed by atoms with Crippen LogP contribution in [-0.4, -0.2) is 18.9 Å². The number of hydrogen-bond donors (Lipinski definition) is 1. The van der Waals surface area contributed by atoms with Gasteiger partial charge in [0.25, 0.3) is 0 Å². The van der Waals surface area contributed by atoms with Gasteiger partial charge in [0.15, 0.2) is 0 Å². The number of hydrogen-bond acceptors (Lipinski definition) is 2. The molecule has 1 N–H and O–H groups in total. The molecule has 2 rings (SSSR count). The molecule has 0 unspecified atom stereocenters. The molecule has 0 aromatic rings. The molecule has 0 bridgehead atoms. The van der Waals surface area contributed by atoms with Crippen molar-refractivity contribution in [2.24, 2.45) is 0 Å². The first-order valence-corrected chi connectivity index (χ1v) is 3.30. The zero-order valence-corrected chi connectivity index (χ0v) is 4.94. The van der Waals surface area contributed by atoms with Crippen molar-refractivity contribution in [3.8, 4) is 0 Å². The van der Waals surface area contributed by atoms with Crippen molar-refractivity contribution in [2.75, 3.05) is 13.2 Å². The van der Waals surface area contributed by atoms with Crippen molar-refractivity contribution in [1.82, 2.24) is 5.32 Å². The SMILES string of the molecule is C1CN[C@]2(C1)CCO2. The smallest absolute Gasteiger partial charge is 0.121 e. The van der Waals surface area contributed by atoms with Gasteiger partial charge in [0.1, 0.15) is 5.72 Å². The summed E-state index contributed by atoms with van der Waals surface area (Å²) in [5, 5.41) is 3.35. The van der Waals surface area contributed by atoms with Gasteiger partial charge in [-0.3, -0.25) is 5.32 Å². The Hall–Kier alpha value is -0.0800. The average molecular weight is 113 g/mol. The molecule has 2 aliphatic heterocycles. The van der Waals surface area contributed by atoms with Gasteiger partial charge in [-0.2, -0.15) is 0 Å². The Kier molecular flexibility index (Phi) is 0.866. The molecule has 0 aliphatic carbocycles. The molecule has 2 fully saturated rings. The Morgan fingerprint density at radius 3 is 2.50 bits per heavy atom. The number of nitrogens with one attached hydrogen (secondary N) is 1. The second kappa shape index (κ2) is 1.45. The first-order chi connectivity index (χ1) is 3.91. The fourth-order valence-electron chi connectivity index (χ4n) is 1.46. The van der Waals surface area contributed by atoms with E-state index in [4.69, 9.17) is 4.74 Å². The third-order valence-corrected chi connectivity index (χ3v) is 2.09. The van der Waals surface area contributed by atoms with Gasteiger partial charge in [-0.15, -0.1) is 0 Å². The van der Waals surface area contributed by atoms with Crippen molar-refractivity contribution in [3.63, 3.8) is 0 Å². The van der Waals surface area contributed by atoms with Crippen molar-refractivity contribution < 1.29 is 4.74 Å². The van der Waals surface area contributed by atoms with E-state index in [1.807, 2.05) is 0 Å². The minimum atomic E-state index is 0.167. The highest BCUT2D eigenvalue weighted by molar-refractivity contribution is 4.89. The van der Waals surface area contributed by atoms with E-state index < -0.39 is 0 Å². The summed E-state index contributed by atoms with van der Waals surface area (Å²) in [5.74, 6) is 0. The van der Waals surface area contributed by atoms with Gasteiger partial charge in [0, 0.05) is 6.42 Å². The lowest BCUT2D eigenvalue weighted by Crippen LogP contribution is -2.51. The molecule has 2 heterocycles. The Bertz CT molecular complexity index is 90.7. The highest BCUT2D eigenvalue weighted by Gasteiger charge is 2.40. The van der Waals surface area contributed by atoms with Crippen molar-refractivity contribution in [2.45, 2.75) is 25.0 Å². The van der Waals surface area contributed by atoms with Crippen molar-refractivity contribution in [1.29, 1.82) is 0 Å².